The average molecular weight is 228 g/mol. The lowest BCUT2D eigenvalue weighted by atomic mass is 9.89. The first-order chi connectivity index (χ1) is 7.63. The Morgan fingerprint density at radius 3 is 2.69 bits per heavy atom. The summed E-state index contributed by atoms with van der Waals surface area (Å²) >= 11 is 0. The van der Waals surface area contributed by atoms with E-state index in [1.807, 2.05) is 0 Å². The number of rotatable bonds is 5. The first-order valence-corrected chi connectivity index (χ1v) is 6.72. The number of aliphatic hydroxyl groups excluding tert-OH is 1. The first kappa shape index (κ1) is 13.9. The molecule has 1 fully saturated rings. The molecule has 3 N–H and O–H groups in total. The zero-order valence-corrected chi connectivity index (χ0v) is 10.9. The van der Waals surface area contributed by atoms with Crippen LogP contribution in [0.25, 0.3) is 0 Å². The summed E-state index contributed by atoms with van der Waals surface area (Å²) in [6.07, 6.45) is 4.94. The van der Waals surface area contributed by atoms with E-state index in [4.69, 9.17) is 10.8 Å². The lowest BCUT2D eigenvalue weighted by Gasteiger charge is -2.22. The van der Waals surface area contributed by atoms with Gasteiger partial charge >= 0.3 is 0 Å². The zero-order valence-electron chi connectivity index (χ0n) is 10.9. The van der Waals surface area contributed by atoms with E-state index in [2.05, 4.69) is 18.7 Å². The first-order valence-electron chi connectivity index (χ1n) is 6.72. The number of hydrogen-bond acceptors (Lipinski definition) is 3. The highest BCUT2D eigenvalue weighted by Crippen LogP contribution is 2.24. The number of aliphatic hydroxyl groups is 1. The molecule has 0 aromatic rings. The van der Waals surface area contributed by atoms with Gasteiger partial charge in [-0.3, -0.25) is 0 Å². The number of nitrogens with two attached hydrogens (primary N) is 1. The van der Waals surface area contributed by atoms with E-state index < -0.39 is 0 Å². The van der Waals surface area contributed by atoms with Gasteiger partial charge in [0.2, 0.25) is 0 Å². The molecule has 2 unspecified atom stereocenters. The maximum absolute atomic E-state index is 8.89. The molecule has 0 spiro atoms. The largest absolute Gasteiger partial charge is 0.395 e. The molecule has 1 rings (SSSR count). The molecule has 3 heteroatoms. The topological polar surface area (TPSA) is 49.5 Å². The van der Waals surface area contributed by atoms with Gasteiger partial charge in [0.25, 0.3) is 0 Å². The molecule has 1 aliphatic rings. The highest BCUT2D eigenvalue weighted by Gasteiger charge is 2.19. The smallest absolute Gasteiger partial charge is 0.0583 e. The fourth-order valence-corrected chi connectivity index (χ4v) is 2.51. The van der Waals surface area contributed by atoms with Crippen molar-refractivity contribution in [1.29, 1.82) is 0 Å². The van der Waals surface area contributed by atoms with Gasteiger partial charge in [-0.2, -0.15) is 0 Å². The van der Waals surface area contributed by atoms with Crippen LogP contribution in [-0.4, -0.2) is 42.3 Å². The van der Waals surface area contributed by atoms with Crippen LogP contribution in [0.15, 0.2) is 0 Å². The van der Waals surface area contributed by atoms with Gasteiger partial charge in [-0.1, -0.05) is 13.8 Å². The van der Waals surface area contributed by atoms with E-state index in [1.165, 1.54) is 32.4 Å². The quantitative estimate of drug-likeness (QED) is 0.749. The predicted molar refractivity (Wildman–Crippen MR) is 68.3 cm³/mol. The van der Waals surface area contributed by atoms with Crippen LogP contribution in [0, 0.1) is 11.8 Å². The fourth-order valence-electron chi connectivity index (χ4n) is 2.51. The summed E-state index contributed by atoms with van der Waals surface area (Å²) in [5.41, 5.74) is 5.73. The van der Waals surface area contributed by atoms with E-state index in [0.717, 1.165) is 24.8 Å². The minimum atomic E-state index is -0.0378. The summed E-state index contributed by atoms with van der Waals surface area (Å²) in [6, 6.07) is -0.0378. The second kappa shape index (κ2) is 7.25. The van der Waals surface area contributed by atoms with Crippen LogP contribution in [0.3, 0.4) is 0 Å². The van der Waals surface area contributed by atoms with Gasteiger partial charge in [-0.15, -0.1) is 0 Å². The van der Waals surface area contributed by atoms with E-state index in [-0.39, 0.29) is 12.6 Å². The van der Waals surface area contributed by atoms with Crippen LogP contribution < -0.4 is 5.73 Å². The van der Waals surface area contributed by atoms with Crippen molar-refractivity contribution >= 4 is 0 Å². The highest BCUT2D eigenvalue weighted by atomic mass is 16.3. The molecule has 0 saturated carbocycles. The van der Waals surface area contributed by atoms with Crippen molar-refractivity contribution in [2.24, 2.45) is 17.6 Å². The van der Waals surface area contributed by atoms with Gasteiger partial charge < -0.3 is 15.7 Å². The summed E-state index contributed by atoms with van der Waals surface area (Å²) in [5, 5.41) is 8.89. The Labute approximate surface area is 100 Å². The monoisotopic (exact) mass is 228 g/mol. The van der Waals surface area contributed by atoms with Crippen LogP contribution in [0.1, 0.15) is 39.5 Å². The van der Waals surface area contributed by atoms with Gasteiger partial charge in [0.05, 0.1) is 6.61 Å². The molecule has 0 radical (unpaired) electrons. The van der Waals surface area contributed by atoms with E-state index in [1.54, 1.807) is 0 Å². The highest BCUT2D eigenvalue weighted by molar-refractivity contribution is 4.73. The Bertz CT molecular complexity index is 185. The second-order valence-corrected chi connectivity index (χ2v) is 5.51. The Morgan fingerprint density at radius 2 is 2.06 bits per heavy atom. The summed E-state index contributed by atoms with van der Waals surface area (Å²) < 4.78 is 0. The molecule has 0 aromatic heterocycles. The lowest BCUT2D eigenvalue weighted by Crippen LogP contribution is -2.33. The SMILES string of the molecule is CC(C)C1CCCN(CCC(N)CO)CC1. The van der Waals surface area contributed by atoms with Crippen molar-refractivity contribution in [3.8, 4) is 0 Å². The molecule has 3 nitrogen and oxygen atoms in total. The van der Waals surface area contributed by atoms with Crippen LogP contribution in [-0.2, 0) is 0 Å². The van der Waals surface area contributed by atoms with Crippen molar-refractivity contribution in [3.05, 3.63) is 0 Å². The Balaban J connectivity index is 2.25. The maximum atomic E-state index is 8.89. The fraction of sp³-hybridized carbons (Fsp3) is 1.00. The van der Waals surface area contributed by atoms with E-state index in [9.17, 15) is 0 Å². The Hall–Kier alpha value is -0.120. The second-order valence-electron chi connectivity index (χ2n) is 5.51. The number of nitrogens with zero attached hydrogens (tertiary/aromatic N) is 1. The molecule has 96 valence electrons. The van der Waals surface area contributed by atoms with Gasteiger partial charge in [0.15, 0.2) is 0 Å². The standard InChI is InChI=1S/C13H28N2O/c1-11(2)12-4-3-7-15(8-5-12)9-6-13(14)10-16/h11-13,16H,3-10,14H2,1-2H3. The molecule has 2 atom stereocenters. The minimum absolute atomic E-state index is 0.0378. The van der Waals surface area contributed by atoms with Gasteiger partial charge in [-0.25, -0.2) is 0 Å². The third-order valence-electron chi connectivity index (χ3n) is 3.86. The van der Waals surface area contributed by atoms with Crippen molar-refractivity contribution in [2.75, 3.05) is 26.2 Å². The molecule has 16 heavy (non-hydrogen) atoms. The molecule has 0 aliphatic carbocycles. The summed E-state index contributed by atoms with van der Waals surface area (Å²) in [6.45, 7) is 8.25. The Kier molecular flexibility index (Phi) is 6.32. The molecule has 0 bridgehead atoms. The Morgan fingerprint density at radius 1 is 1.31 bits per heavy atom. The van der Waals surface area contributed by atoms with Gasteiger partial charge in [0.1, 0.15) is 0 Å². The summed E-state index contributed by atoms with van der Waals surface area (Å²) in [7, 11) is 0. The summed E-state index contributed by atoms with van der Waals surface area (Å²) in [4.78, 5) is 2.51. The lowest BCUT2D eigenvalue weighted by molar-refractivity contribution is 0.224. The van der Waals surface area contributed by atoms with Crippen LogP contribution in [0.4, 0.5) is 0 Å². The average Bonchev–Trinajstić information content (AvgIpc) is 2.51. The number of likely N-dealkylation sites (tertiary alicyclic amines) is 1. The van der Waals surface area contributed by atoms with Crippen LogP contribution in [0.2, 0.25) is 0 Å². The maximum Gasteiger partial charge on any atom is 0.0583 e. The third-order valence-corrected chi connectivity index (χ3v) is 3.86. The van der Waals surface area contributed by atoms with Crippen molar-refractivity contribution in [2.45, 2.75) is 45.6 Å². The van der Waals surface area contributed by atoms with Crippen molar-refractivity contribution in [1.82, 2.24) is 4.90 Å². The van der Waals surface area contributed by atoms with Gasteiger partial charge in [-0.05, 0) is 57.2 Å². The van der Waals surface area contributed by atoms with Crippen molar-refractivity contribution in [3.63, 3.8) is 0 Å². The number of hydrogen-bond donors (Lipinski definition) is 2. The third kappa shape index (κ3) is 4.81. The molecular formula is C13H28N2O. The normalized spacial score (nSPS) is 25.7. The molecule has 1 aliphatic heterocycles. The van der Waals surface area contributed by atoms with E-state index in [0.29, 0.717) is 0 Å². The van der Waals surface area contributed by atoms with E-state index >= 15 is 0 Å². The van der Waals surface area contributed by atoms with Crippen LogP contribution >= 0.6 is 0 Å². The molecule has 1 saturated heterocycles. The summed E-state index contributed by atoms with van der Waals surface area (Å²) in [5.74, 6) is 1.72. The molecule has 0 aromatic carbocycles. The molecule has 1 heterocycles. The predicted octanol–water partition coefficient (Wildman–Crippen LogP) is 1.45. The van der Waals surface area contributed by atoms with Crippen molar-refractivity contribution < 1.29 is 5.11 Å². The van der Waals surface area contributed by atoms with Crippen LogP contribution in [0.5, 0.6) is 0 Å². The zero-order chi connectivity index (χ0) is 12.0. The molecular weight excluding hydrogens is 200 g/mol. The van der Waals surface area contributed by atoms with Gasteiger partial charge in [0, 0.05) is 6.04 Å². The molecule has 0 amide bonds. The minimum Gasteiger partial charge on any atom is -0.395 e.